The maximum absolute atomic E-state index is 5.99. The lowest BCUT2D eigenvalue weighted by molar-refractivity contribution is -0.00113. The van der Waals surface area contributed by atoms with Gasteiger partial charge < -0.3 is 9.26 Å². The molecule has 0 unspecified atom stereocenters. The van der Waals surface area contributed by atoms with Gasteiger partial charge in [-0.2, -0.15) is 10.1 Å². The van der Waals surface area contributed by atoms with Crippen molar-refractivity contribution in [1.82, 2.24) is 19.9 Å². The van der Waals surface area contributed by atoms with Crippen molar-refractivity contribution in [2.24, 2.45) is 0 Å². The molecule has 2 aromatic heterocycles. The van der Waals surface area contributed by atoms with Crippen LogP contribution < -0.4 is 0 Å². The van der Waals surface area contributed by atoms with Crippen molar-refractivity contribution in [3.63, 3.8) is 0 Å². The van der Waals surface area contributed by atoms with Gasteiger partial charge >= 0.3 is 0 Å². The predicted molar refractivity (Wildman–Crippen MR) is 94.9 cm³/mol. The summed E-state index contributed by atoms with van der Waals surface area (Å²) in [6, 6.07) is 21.9. The summed E-state index contributed by atoms with van der Waals surface area (Å²) in [7, 11) is 0. The fourth-order valence-corrected chi connectivity index (χ4v) is 3.13. The van der Waals surface area contributed by atoms with Gasteiger partial charge in [-0.25, -0.2) is 0 Å². The first-order valence-corrected chi connectivity index (χ1v) is 8.49. The first kappa shape index (κ1) is 15.0. The molecule has 0 amide bonds. The van der Waals surface area contributed by atoms with Crippen LogP contribution in [0.5, 0.6) is 0 Å². The van der Waals surface area contributed by atoms with Gasteiger partial charge in [0, 0.05) is 5.56 Å². The average Bonchev–Trinajstić information content (AvgIpc) is 3.36. The smallest absolute Gasteiger partial charge is 0.278 e. The molecule has 2 aromatic carbocycles. The molecule has 4 aromatic rings. The zero-order chi connectivity index (χ0) is 17.3. The van der Waals surface area contributed by atoms with Crippen molar-refractivity contribution in [2.75, 3.05) is 0 Å². The highest BCUT2D eigenvalue weighted by Gasteiger charge is 2.24. The minimum Gasteiger partial charge on any atom is -0.365 e. The molecule has 0 saturated carbocycles. The SMILES string of the molecule is c1ccc(-c2noc(-c3cc4n(n3)C[C@H](c3ccccc3)OC4)n2)cc1. The lowest BCUT2D eigenvalue weighted by Gasteiger charge is -2.24. The minimum atomic E-state index is -0.000912. The summed E-state index contributed by atoms with van der Waals surface area (Å²) in [6.07, 6.45) is -0.000912. The van der Waals surface area contributed by atoms with E-state index in [1.165, 1.54) is 0 Å². The monoisotopic (exact) mass is 344 g/mol. The molecule has 3 heterocycles. The van der Waals surface area contributed by atoms with E-state index in [-0.39, 0.29) is 6.10 Å². The van der Waals surface area contributed by atoms with Crippen molar-refractivity contribution in [1.29, 1.82) is 0 Å². The van der Waals surface area contributed by atoms with Crippen LogP contribution >= 0.6 is 0 Å². The third kappa shape index (κ3) is 2.70. The summed E-state index contributed by atoms with van der Waals surface area (Å²) in [5, 5.41) is 8.71. The summed E-state index contributed by atoms with van der Waals surface area (Å²) in [5.41, 5.74) is 3.75. The van der Waals surface area contributed by atoms with E-state index >= 15 is 0 Å². The third-order valence-electron chi connectivity index (χ3n) is 4.48. The van der Waals surface area contributed by atoms with E-state index in [2.05, 4.69) is 27.4 Å². The molecule has 1 aliphatic rings. The zero-order valence-electron chi connectivity index (χ0n) is 13.9. The van der Waals surface area contributed by atoms with Gasteiger partial charge in [-0.15, -0.1) is 0 Å². The van der Waals surface area contributed by atoms with E-state index in [9.17, 15) is 0 Å². The number of benzene rings is 2. The fourth-order valence-electron chi connectivity index (χ4n) is 3.13. The molecule has 0 aliphatic carbocycles. The first-order chi connectivity index (χ1) is 12.9. The number of hydrogen-bond acceptors (Lipinski definition) is 5. The second-order valence-corrected chi connectivity index (χ2v) is 6.20. The number of fused-ring (bicyclic) bond motifs is 1. The van der Waals surface area contributed by atoms with Crippen LogP contribution in [-0.4, -0.2) is 19.9 Å². The van der Waals surface area contributed by atoms with Crippen molar-refractivity contribution < 1.29 is 9.26 Å². The van der Waals surface area contributed by atoms with Crippen molar-refractivity contribution in [2.45, 2.75) is 19.3 Å². The van der Waals surface area contributed by atoms with Crippen LogP contribution in [0, 0.1) is 0 Å². The third-order valence-corrected chi connectivity index (χ3v) is 4.48. The van der Waals surface area contributed by atoms with E-state index in [4.69, 9.17) is 9.26 Å². The number of nitrogens with zero attached hydrogens (tertiary/aromatic N) is 4. The van der Waals surface area contributed by atoms with Crippen molar-refractivity contribution in [3.8, 4) is 23.0 Å². The molecule has 1 atom stereocenters. The molecule has 6 heteroatoms. The van der Waals surface area contributed by atoms with Crippen molar-refractivity contribution in [3.05, 3.63) is 78.0 Å². The van der Waals surface area contributed by atoms with Crippen LogP contribution in [0.15, 0.2) is 71.3 Å². The van der Waals surface area contributed by atoms with Gasteiger partial charge in [0.05, 0.1) is 18.8 Å². The van der Waals surface area contributed by atoms with Crippen LogP contribution in [0.3, 0.4) is 0 Å². The predicted octanol–water partition coefficient (Wildman–Crippen LogP) is 3.87. The summed E-state index contributed by atoms with van der Waals surface area (Å²) in [5.74, 6) is 0.979. The number of rotatable bonds is 3. The van der Waals surface area contributed by atoms with Gasteiger partial charge in [-0.05, 0) is 11.6 Å². The Morgan fingerprint density at radius 2 is 1.73 bits per heavy atom. The first-order valence-electron chi connectivity index (χ1n) is 8.49. The second-order valence-electron chi connectivity index (χ2n) is 6.20. The molecule has 26 heavy (non-hydrogen) atoms. The van der Waals surface area contributed by atoms with Gasteiger partial charge in [0.1, 0.15) is 6.10 Å². The molecule has 5 rings (SSSR count). The zero-order valence-corrected chi connectivity index (χ0v) is 13.9. The van der Waals surface area contributed by atoms with E-state index in [1.54, 1.807) is 0 Å². The summed E-state index contributed by atoms with van der Waals surface area (Å²) in [4.78, 5) is 4.48. The Kier molecular flexibility index (Phi) is 3.61. The quantitative estimate of drug-likeness (QED) is 0.564. The largest absolute Gasteiger partial charge is 0.365 e. The van der Waals surface area contributed by atoms with Gasteiger partial charge in [0.15, 0.2) is 5.69 Å². The highest BCUT2D eigenvalue weighted by atomic mass is 16.5. The lowest BCUT2D eigenvalue weighted by Crippen LogP contribution is -2.21. The van der Waals surface area contributed by atoms with E-state index in [0.29, 0.717) is 30.6 Å². The standard InChI is InChI=1S/C20H16N4O2/c1-3-7-14(8-4-1)18-12-24-16(13-25-18)11-17(22-24)20-21-19(23-26-20)15-9-5-2-6-10-15/h1-11,18H,12-13H2/t18-/m1/s1. The van der Waals surface area contributed by atoms with Crippen LogP contribution in [0.25, 0.3) is 23.0 Å². The normalized spacial score (nSPS) is 16.4. The molecular weight excluding hydrogens is 328 g/mol. The molecule has 0 saturated heterocycles. The van der Waals surface area contributed by atoms with Crippen LogP contribution in [0.4, 0.5) is 0 Å². The van der Waals surface area contributed by atoms with Gasteiger partial charge in [0.25, 0.3) is 5.89 Å². The molecule has 0 spiro atoms. The second kappa shape index (κ2) is 6.24. The van der Waals surface area contributed by atoms with Gasteiger partial charge in [-0.3, -0.25) is 4.68 Å². The molecule has 128 valence electrons. The average molecular weight is 344 g/mol. The summed E-state index contributed by atoms with van der Waals surface area (Å²) in [6.45, 7) is 1.17. The van der Waals surface area contributed by atoms with Gasteiger partial charge in [0.2, 0.25) is 5.82 Å². The van der Waals surface area contributed by atoms with E-state index in [1.807, 2.05) is 59.3 Å². The highest BCUT2D eigenvalue weighted by Crippen LogP contribution is 2.29. The molecule has 0 N–H and O–H groups in total. The Labute approximate surface area is 150 Å². The molecule has 6 nitrogen and oxygen atoms in total. The Morgan fingerprint density at radius 1 is 0.962 bits per heavy atom. The van der Waals surface area contributed by atoms with Gasteiger partial charge in [-0.1, -0.05) is 65.8 Å². The highest BCUT2D eigenvalue weighted by molar-refractivity contribution is 5.57. The Morgan fingerprint density at radius 3 is 2.54 bits per heavy atom. The Hall–Kier alpha value is -3.25. The van der Waals surface area contributed by atoms with E-state index < -0.39 is 0 Å². The molecule has 0 radical (unpaired) electrons. The fraction of sp³-hybridized carbons (Fsp3) is 0.150. The summed E-state index contributed by atoms with van der Waals surface area (Å²) < 4.78 is 13.4. The molecule has 0 fully saturated rings. The maximum atomic E-state index is 5.99. The molecular formula is C20H16N4O2. The number of ether oxygens (including phenoxy) is 1. The number of aromatic nitrogens is 4. The minimum absolute atomic E-state index is 0.000912. The number of hydrogen-bond donors (Lipinski definition) is 0. The lowest BCUT2D eigenvalue weighted by atomic mass is 10.1. The molecule has 1 aliphatic heterocycles. The summed E-state index contributed by atoms with van der Waals surface area (Å²) >= 11 is 0. The van der Waals surface area contributed by atoms with Crippen molar-refractivity contribution >= 4 is 0 Å². The Bertz CT molecular complexity index is 1020. The maximum Gasteiger partial charge on any atom is 0.278 e. The van der Waals surface area contributed by atoms with E-state index in [0.717, 1.165) is 16.8 Å². The topological polar surface area (TPSA) is 66.0 Å². The van der Waals surface area contributed by atoms with Crippen LogP contribution in [-0.2, 0) is 17.9 Å². The van der Waals surface area contributed by atoms with Crippen LogP contribution in [0.2, 0.25) is 0 Å². The Balaban J connectivity index is 1.42. The van der Waals surface area contributed by atoms with Crippen LogP contribution in [0.1, 0.15) is 17.4 Å². The molecule has 0 bridgehead atoms.